The van der Waals surface area contributed by atoms with Crippen LogP contribution in [0.2, 0.25) is 5.02 Å². The van der Waals surface area contributed by atoms with E-state index < -0.39 is 0 Å². The zero-order valence-corrected chi connectivity index (χ0v) is 12.8. The van der Waals surface area contributed by atoms with E-state index in [9.17, 15) is 0 Å². The van der Waals surface area contributed by atoms with Crippen LogP contribution < -0.4 is 5.73 Å². The second kappa shape index (κ2) is 5.80. The van der Waals surface area contributed by atoms with Gasteiger partial charge < -0.3 is 5.73 Å². The van der Waals surface area contributed by atoms with Crippen LogP contribution in [0.25, 0.3) is 0 Å². The third-order valence-electron chi connectivity index (χ3n) is 3.04. The molecule has 0 aliphatic rings. The highest BCUT2D eigenvalue weighted by Gasteiger charge is 2.07. The van der Waals surface area contributed by atoms with E-state index in [1.165, 1.54) is 0 Å². The zero-order chi connectivity index (χ0) is 14.0. The molecule has 19 heavy (non-hydrogen) atoms. The number of aryl methyl sites for hydroxylation is 2. The van der Waals surface area contributed by atoms with Gasteiger partial charge in [-0.25, -0.2) is 9.97 Å². The van der Waals surface area contributed by atoms with Gasteiger partial charge in [-0.1, -0.05) is 23.4 Å². The standard InChI is InChI=1S/C14H16ClN3S/c1-8-9(2)17-14(18-10(8)3)19-7-11-6-12(16)4-5-13(11)15/h4-6H,7,16H2,1-3H3. The molecule has 0 spiro atoms. The van der Waals surface area contributed by atoms with Crippen LogP contribution in [0.5, 0.6) is 0 Å². The van der Waals surface area contributed by atoms with Crippen LogP contribution >= 0.6 is 23.4 Å². The molecule has 0 unspecified atom stereocenters. The van der Waals surface area contributed by atoms with Gasteiger partial charge in [0.15, 0.2) is 5.16 Å². The van der Waals surface area contributed by atoms with Crippen molar-refractivity contribution in [2.45, 2.75) is 31.7 Å². The fourth-order valence-corrected chi connectivity index (χ4v) is 2.84. The molecule has 2 N–H and O–H groups in total. The number of thioether (sulfide) groups is 1. The summed E-state index contributed by atoms with van der Waals surface area (Å²) in [7, 11) is 0. The van der Waals surface area contributed by atoms with Crippen molar-refractivity contribution in [3.05, 3.63) is 45.7 Å². The monoisotopic (exact) mass is 293 g/mol. The van der Waals surface area contributed by atoms with Crippen molar-refractivity contribution in [1.29, 1.82) is 0 Å². The number of nitrogens with zero attached hydrogens (tertiary/aromatic N) is 2. The Morgan fingerprint density at radius 1 is 1.16 bits per heavy atom. The van der Waals surface area contributed by atoms with Gasteiger partial charge in [-0.2, -0.15) is 0 Å². The fraction of sp³-hybridized carbons (Fsp3) is 0.286. The van der Waals surface area contributed by atoms with Gasteiger partial charge in [0.1, 0.15) is 0 Å². The summed E-state index contributed by atoms with van der Waals surface area (Å²) in [6, 6.07) is 5.51. The topological polar surface area (TPSA) is 51.8 Å². The van der Waals surface area contributed by atoms with E-state index in [-0.39, 0.29) is 0 Å². The predicted octanol–water partition coefficient (Wildman–Crippen LogP) is 3.93. The number of rotatable bonds is 3. The van der Waals surface area contributed by atoms with Crippen LogP contribution in [0.3, 0.4) is 0 Å². The number of hydrogen-bond donors (Lipinski definition) is 1. The van der Waals surface area contributed by atoms with Gasteiger partial charge in [-0.15, -0.1) is 0 Å². The van der Waals surface area contributed by atoms with Crippen LogP contribution in [0.15, 0.2) is 23.4 Å². The largest absolute Gasteiger partial charge is 0.399 e. The Morgan fingerprint density at radius 2 is 1.79 bits per heavy atom. The quantitative estimate of drug-likeness (QED) is 0.529. The Bertz CT molecular complexity index is 591. The first kappa shape index (κ1) is 14.2. The van der Waals surface area contributed by atoms with Crippen molar-refractivity contribution in [3.63, 3.8) is 0 Å². The fourth-order valence-electron chi connectivity index (χ4n) is 1.65. The normalized spacial score (nSPS) is 10.7. The van der Waals surface area contributed by atoms with E-state index in [1.807, 2.05) is 32.9 Å². The average Bonchev–Trinajstić information content (AvgIpc) is 2.37. The summed E-state index contributed by atoms with van der Waals surface area (Å²) in [5.41, 5.74) is 10.7. The van der Waals surface area contributed by atoms with Crippen LogP contribution in [0.1, 0.15) is 22.5 Å². The molecular weight excluding hydrogens is 278 g/mol. The molecule has 0 atom stereocenters. The second-order valence-electron chi connectivity index (χ2n) is 4.44. The molecular formula is C14H16ClN3S. The minimum absolute atomic E-state index is 0.714. The summed E-state index contributed by atoms with van der Waals surface area (Å²) in [6.45, 7) is 6.04. The molecule has 0 saturated heterocycles. The minimum atomic E-state index is 0.714. The summed E-state index contributed by atoms with van der Waals surface area (Å²) in [5.74, 6) is 0.714. The average molecular weight is 294 g/mol. The number of aromatic nitrogens is 2. The van der Waals surface area contributed by atoms with E-state index in [4.69, 9.17) is 17.3 Å². The lowest BCUT2D eigenvalue weighted by molar-refractivity contribution is 0.880. The molecule has 0 saturated carbocycles. The Balaban J connectivity index is 2.17. The molecule has 1 heterocycles. The molecule has 1 aromatic carbocycles. The lowest BCUT2D eigenvalue weighted by atomic mass is 10.2. The van der Waals surface area contributed by atoms with E-state index in [0.29, 0.717) is 5.75 Å². The molecule has 0 bridgehead atoms. The highest BCUT2D eigenvalue weighted by Crippen LogP contribution is 2.27. The van der Waals surface area contributed by atoms with Gasteiger partial charge in [0.05, 0.1) is 0 Å². The molecule has 5 heteroatoms. The van der Waals surface area contributed by atoms with E-state index in [2.05, 4.69) is 9.97 Å². The smallest absolute Gasteiger partial charge is 0.188 e. The number of anilines is 1. The maximum atomic E-state index is 6.14. The second-order valence-corrected chi connectivity index (χ2v) is 5.79. The van der Waals surface area contributed by atoms with Crippen LogP contribution in [-0.4, -0.2) is 9.97 Å². The zero-order valence-electron chi connectivity index (χ0n) is 11.2. The number of nitrogens with two attached hydrogens (primary N) is 1. The van der Waals surface area contributed by atoms with Crippen LogP contribution in [-0.2, 0) is 5.75 Å². The van der Waals surface area contributed by atoms with Crippen molar-refractivity contribution in [2.75, 3.05) is 5.73 Å². The van der Waals surface area contributed by atoms with E-state index in [0.717, 1.165) is 38.4 Å². The first-order valence-corrected chi connectivity index (χ1v) is 7.32. The third-order valence-corrected chi connectivity index (χ3v) is 4.30. The lowest BCUT2D eigenvalue weighted by Gasteiger charge is -2.08. The maximum absolute atomic E-state index is 6.14. The first-order valence-electron chi connectivity index (χ1n) is 5.96. The molecule has 3 nitrogen and oxygen atoms in total. The SMILES string of the molecule is Cc1nc(SCc2cc(N)ccc2Cl)nc(C)c1C. The third kappa shape index (κ3) is 3.39. The molecule has 1 aromatic heterocycles. The Kier molecular flexibility index (Phi) is 4.32. The van der Waals surface area contributed by atoms with Gasteiger partial charge in [0.2, 0.25) is 0 Å². The minimum Gasteiger partial charge on any atom is -0.399 e. The van der Waals surface area contributed by atoms with E-state index >= 15 is 0 Å². The van der Waals surface area contributed by atoms with Crippen molar-refractivity contribution in [3.8, 4) is 0 Å². The van der Waals surface area contributed by atoms with Gasteiger partial charge in [0.25, 0.3) is 0 Å². The maximum Gasteiger partial charge on any atom is 0.188 e. The van der Waals surface area contributed by atoms with Crippen LogP contribution in [0.4, 0.5) is 5.69 Å². The Labute approximate surface area is 122 Å². The summed E-state index contributed by atoms with van der Waals surface area (Å²) in [4.78, 5) is 8.96. The summed E-state index contributed by atoms with van der Waals surface area (Å²) < 4.78 is 0. The van der Waals surface area contributed by atoms with Gasteiger partial charge in [0, 0.05) is 27.9 Å². The number of hydrogen-bond acceptors (Lipinski definition) is 4. The van der Waals surface area contributed by atoms with Gasteiger partial charge in [-0.3, -0.25) is 0 Å². The molecule has 0 aliphatic carbocycles. The molecule has 0 amide bonds. The van der Waals surface area contributed by atoms with E-state index in [1.54, 1.807) is 17.8 Å². The summed E-state index contributed by atoms with van der Waals surface area (Å²) in [5, 5.41) is 1.50. The van der Waals surface area contributed by atoms with Crippen molar-refractivity contribution in [2.24, 2.45) is 0 Å². The highest BCUT2D eigenvalue weighted by atomic mass is 35.5. The first-order chi connectivity index (χ1) is 8.97. The lowest BCUT2D eigenvalue weighted by Crippen LogP contribution is -1.98. The van der Waals surface area contributed by atoms with Crippen molar-refractivity contribution in [1.82, 2.24) is 9.97 Å². The molecule has 0 fully saturated rings. The van der Waals surface area contributed by atoms with Crippen LogP contribution in [0, 0.1) is 20.8 Å². The van der Waals surface area contributed by atoms with Gasteiger partial charge >= 0.3 is 0 Å². The molecule has 0 radical (unpaired) electrons. The predicted molar refractivity (Wildman–Crippen MR) is 81.7 cm³/mol. The summed E-state index contributed by atoms with van der Waals surface area (Å²) in [6.07, 6.45) is 0. The summed E-state index contributed by atoms with van der Waals surface area (Å²) >= 11 is 7.71. The molecule has 100 valence electrons. The number of nitrogen functional groups attached to an aromatic ring is 1. The molecule has 2 rings (SSSR count). The van der Waals surface area contributed by atoms with Gasteiger partial charge in [-0.05, 0) is 50.1 Å². The number of benzene rings is 1. The van der Waals surface area contributed by atoms with Crippen molar-refractivity contribution < 1.29 is 0 Å². The molecule has 2 aromatic rings. The molecule has 0 aliphatic heterocycles. The van der Waals surface area contributed by atoms with Crippen molar-refractivity contribution >= 4 is 29.1 Å². The Hall–Kier alpha value is -1.26. The number of halogens is 1. The Morgan fingerprint density at radius 3 is 2.42 bits per heavy atom. The highest BCUT2D eigenvalue weighted by molar-refractivity contribution is 7.98.